The summed E-state index contributed by atoms with van der Waals surface area (Å²) in [7, 11) is 0. The number of nitrogens with two attached hydrogens (primary N) is 1. The van der Waals surface area contributed by atoms with Gasteiger partial charge in [-0.2, -0.15) is 0 Å². The Bertz CT molecular complexity index is 252. The monoisotopic (exact) mass is 230 g/mol. The van der Waals surface area contributed by atoms with Gasteiger partial charge in [-0.05, 0) is 13.3 Å². The number of carboxylic acid groups (broad SMARTS) is 1. The van der Waals surface area contributed by atoms with E-state index in [2.05, 4.69) is 5.32 Å². The van der Waals surface area contributed by atoms with E-state index in [-0.39, 0.29) is 37.0 Å². The van der Waals surface area contributed by atoms with E-state index in [1.54, 1.807) is 6.92 Å². The molecule has 0 aromatic carbocycles. The number of nitrogens with one attached hydrogen (secondary N) is 1. The Morgan fingerprint density at radius 2 is 1.94 bits per heavy atom. The standard InChI is InChI=1S/C10H18N2O4/c1-6(7(2)13)5-12-9(14)4-3-8(11)10(15)16/h6,8H,3-5,11H2,1-2H3,(H,12,14)(H,15,16). The molecule has 4 N–H and O–H groups in total. The highest BCUT2D eigenvalue weighted by Crippen LogP contribution is 1.97. The molecule has 2 atom stereocenters. The summed E-state index contributed by atoms with van der Waals surface area (Å²) < 4.78 is 0. The maximum Gasteiger partial charge on any atom is 0.320 e. The lowest BCUT2D eigenvalue weighted by Gasteiger charge is -2.10. The molecule has 2 unspecified atom stereocenters. The lowest BCUT2D eigenvalue weighted by atomic mass is 10.1. The van der Waals surface area contributed by atoms with Crippen molar-refractivity contribution >= 4 is 17.7 Å². The van der Waals surface area contributed by atoms with E-state index in [1.807, 2.05) is 0 Å². The number of carboxylic acids is 1. The van der Waals surface area contributed by atoms with Crippen LogP contribution in [0.3, 0.4) is 0 Å². The number of carbonyl (C=O) groups excluding carboxylic acids is 2. The molecule has 0 aliphatic heterocycles. The summed E-state index contributed by atoms with van der Waals surface area (Å²) in [5.41, 5.74) is 5.24. The van der Waals surface area contributed by atoms with Crippen molar-refractivity contribution in [1.29, 1.82) is 0 Å². The average molecular weight is 230 g/mol. The highest BCUT2D eigenvalue weighted by Gasteiger charge is 2.14. The van der Waals surface area contributed by atoms with Crippen LogP contribution in [0.4, 0.5) is 0 Å². The molecular weight excluding hydrogens is 212 g/mol. The predicted octanol–water partition coefficient (Wildman–Crippen LogP) is -0.480. The molecule has 0 aliphatic rings. The molecule has 0 spiro atoms. The minimum atomic E-state index is -1.12. The quantitative estimate of drug-likeness (QED) is 0.547. The molecule has 0 fully saturated rings. The third-order valence-corrected chi connectivity index (χ3v) is 2.30. The Hall–Kier alpha value is -1.43. The van der Waals surface area contributed by atoms with E-state index in [0.29, 0.717) is 0 Å². The first-order valence-corrected chi connectivity index (χ1v) is 5.10. The summed E-state index contributed by atoms with van der Waals surface area (Å²) in [4.78, 5) is 32.5. The van der Waals surface area contributed by atoms with Gasteiger partial charge in [0.1, 0.15) is 11.8 Å². The van der Waals surface area contributed by atoms with Crippen LogP contribution in [0.15, 0.2) is 0 Å². The van der Waals surface area contributed by atoms with Crippen LogP contribution in [0.1, 0.15) is 26.7 Å². The summed E-state index contributed by atoms with van der Waals surface area (Å²) in [5.74, 6) is -1.63. The predicted molar refractivity (Wildman–Crippen MR) is 57.7 cm³/mol. The molecule has 6 heteroatoms. The van der Waals surface area contributed by atoms with Crippen molar-refractivity contribution < 1.29 is 19.5 Å². The topological polar surface area (TPSA) is 109 Å². The molecule has 0 aliphatic carbocycles. The van der Waals surface area contributed by atoms with E-state index in [9.17, 15) is 14.4 Å². The van der Waals surface area contributed by atoms with E-state index in [4.69, 9.17) is 10.8 Å². The van der Waals surface area contributed by atoms with Crippen molar-refractivity contribution in [3.05, 3.63) is 0 Å². The van der Waals surface area contributed by atoms with E-state index in [0.717, 1.165) is 0 Å². The first-order chi connectivity index (χ1) is 7.34. The maximum absolute atomic E-state index is 11.2. The van der Waals surface area contributed by atoms with Crippen molar-refractivity contribution in [2.24, 2.45) is 11.7 Å². The molecule has 92 valence electrons. The molecule has 6 nitrogen and oxygen atoms in total. The van der Waals surface area contributed by atoms with Crippen LogP contribution in [0.2, 0.25) is 0 Å². The second kappa shape index (κ2) is 6.95. The zero-order valence-electron chi connectivity index (χ0n) is 9.53. The van der Waals surface area contributed by atoms with Crippen LogP contribution < -0.4 is 11.1 Å². The van der Waals surface area contributed by atoms with E-state index < -0.39 is 12.0 Å². The van der Waals surface area contributed by atoms with Crippen LogP contribution in [-0.4, -0.2) is 35.4 Å². The third-order valence-electron chi connectivity index (χ3n) is 2.30. The van der Waals surface area contributed by atoms with E-state index in [1.165, 1.54) is 6.92 Å². The molecule has 0 heterocycles. The average Bonchev–Trinajstić information content (AvgIpc) is 2.21. The summed E-state index contributed by atoms with van der Waals surface area (Å²) in [6.07, 6.45) is 0.147. The van der Waals surface area contributed by atoms with Crippen LogP contribution in [-0.2, 0) is 14.4 Å². The van der Waals surface area contributed by atoms with Gasteiger partial charge < -0.3 is 16.2 Å². The SMILES string of the molecule is CC(=O)C(C)CNC(=O)CCC(N)C(=O)O. The fourth-order valence-corrected chi connectivity index (χ4v) is 0.909. The van der Waals surface area contributed by atoms with Crippen molar-refractivity contribution in [3.63, 3.8) is 0 Å². The first kappa shape index (κ1) is 14.6. The molecule has 0 aromatic heterocycles. The van der Waals surface area contributed by atoms with Crippen LogP contribution >= 0.6 is 0 Å². The molecule has 0 aromatic rings. The van der Waals surface area contributed by atoms with Crippen LogP contribution in [0, 0.1) is 5.92 Å². The summed E-state index contributed by atoms with van der Waals surface area (Å²) in [6, 6.07) is -1.02. The van der Waals surface area contributed by atoms with Crippen molar-refractivity contribution in [2.45, 2.75) is 32.7 Å². The number of hydrogen-bond acceptors (Lipinski definition) is 4. The lowest BCUT2D eigenvalue weighted by molar-refractivity contribution is -0.138. The third kappa shape index (κ3) is 6.13. The van der Waals surface area contributed by atoms with Gasteiger partial charge in [-0.1, -0.05) is 6.92 Å². The molecule has 0 saturated heterocycles. The smallest absolute Gasteiger partial charge is 0.320 e. The minimum Gasteiger partial charge on any atom is -0.480 e. The first-order valence-electron chi connectivity index (χ1n) is 5.10. The van der Waals surface area contributed by atoms with Gasteiger partial charge in [-0.15, -0.1) is 0 Å². The van der Waals surface area contributed by atoms with Crippen molar-refractivity contribution in [1.82, 2.24) is 5.32 Å². The van der Waals surface area contributed by atoms with Gasteiger partial charge in [0.05, 0.1) is 0 Å². The lowest BCUT2D eigenvalue weighted by Crippen LogP contribution is -2.34. The van der Waals surface area contributed by atoms with Gasteiger partial charge in [-0.25, -0.2) is 0 Å². The summed E-state index contributed by atoms with van der Waals surface area (Å²) in [5, 5.41) is 11.0. The molecule has 0 saturated carbocycles. The number of aliphatic carboxylic acids is 1. The number of rotatable bonds is 7. The zero-order valence-corrected chi connectivity index (χ0v) is 9.53. The Morgan fingerprint density at radius 3 is 2.38 bits per heavy atom. The van der Waals surface area contributed by atoms with Gasteiger partial charge in [-0.3, -0.25) is 14.4 Å². The number of amides is 1. The number of Topliss-reactive ketones (excluding diaryl/α,β-unsaturated/α-hetero) is 1. The number of hydrogen-bond donors (Lipinski definition) is 3. The Balaban J connectivity index is 3.75. The van der Waals surface area contributed by atoms with Gasteiger partial charge in [0.25, 0.3) is 0 Å². The molecule has 0 rings (SSSR count). The maximum atomic E-state index is 11.2. The van der Waals surface area contributed by atoms with Crippen LogP contribution in [0.25, 0.3) is 0 Å². The molecule has 1 amide bonds. The fraction of sp³-hybridized carbons (Fsp3) is 0.700. The molecule has 0 radical (unpaired) electrons. The molecule has 16 heavy (non-hydrogen) atoms. The second-order valence-corrected chi connectivity index (χ2v) is 3.80. The molecular formula is C10H18N2O4. The normalized spacial score (nSPS) is 13.9. The van der Waals surface area contributed by atoms with Crippen LogP contribution in [0.5, 0.6) is 0 Å². The van der Waals surface area contributed by atoms with Crippen molar-refractivity contribution in [2.75, 3.05) is 6.54 Å². The van der Waals surface area contributed by atoms with Gasteiger partial charge in [0.2, 0.25) is 5.91 Å². The Morgan fingerprint density at radius 1 is 1.38 bits per heavy atom. The largest absolute Gasteiger partial charge is 0.480 e. The summed E-state index contributed by atoms with van der Waals surface area (Å²) >= 11 is 0. The van der Waals surface area contributed by atoms with Gasteiger partial charge >= 0.3 is 5.97 Å². The number of ketones is 1. The van der Waals surface area contributed by atoms with Gasteiger partial charge in [0, 0.05) is 18.9 Å². The summed E-state index contributed by atoms with van der Waals surface area (Å²) in [6.45, 7) is 3.44. The molecule has 0 bridgehead atoms. The number of carbonyl (C=O) groups is 3. The highest BCUT2D eigenvalue weighted by molar-refractivity contribution is 5.81. The van der Waals surface area contributed by atoms with E-state index >= 15 is 0 Å². The zero-order chi connectivity index (χ0) is 12.7. The minimum absolute atomic E-state index is 0.00235. The second-order valence-electron chi connectivity index (χ2n) is 3.80. The highest BCUT2D eigenvalue weighted by atomic mass is 16.4. The Labute approximate surface area is 94.2 Å². The Kier molecular flexibility index (Phi) is 6.32. The van der Waals surface area contributed by atoms with Gasteiger partial charge in [0.15, 0.2) is 0 Å². The fourth-order valence-electron chi connectivity index (χ4n) is 0.909. The van der Waals surface area contributed by atoms with Crippen molar-refractivity contribution in [3.8, 4) is 0 Å².